The second-order valence-corrected chi connectivity index (χ2v) is 29.3. The lowest BCUT2D eigenvalue weighted by Crippen LogP contribution is -2.60. The number of fused-ring (bicyclic) bond motifs is 2. The van der Waals surface area contributed by atoms with Crippen LogP contribution in [0.2, 0.25) is 0 Å². The molecule has 0 unspecified atom stereocenters. The van der Waals surface area contributed by atoms with Crippen LogP contribution in [0.3, 0.4) is 0 Å². The van der Waals surface area contributed by atoms with Gasteiger partial charge in [0, 0.05) is 80.8 Å². The van der Waals surface area contributed by atoms with Gasteiger partial charge < -0.3 is 41.7 Å². The van der Waals surface area contributed by atoms with Crippen molar-refractivity contribution in [2.24, 2.45) is 23.7 Å². The Kier molecular flexibility index (Phi) is 27.3. The van der Waals surface area contributed by atoms with Gasteiger partial charge in [-0.05, 0) is 153 Å². The lowest BCUT2D eigenvalue weighted by atomic mass is 9.72. The quantitative estimate of drug-likeness (QED) is 0.0332. The highest BCUT2D eigenvalue weighted by Gasteiger charge is 2.44. The lowest BCUT2D eigenvalue weighted by Gasteiger charge is -2.47. The largest absolute Gasteiger partial charge is 0.508 e. The number of β-amino-alcohol motifs (C(OH)–C–C–N with tert-alkyl or cyclic N) is 2. The van der Waals surface area contributed by atoms with E-state index in [9.17, 15) is 48.0 Å². The number of hydrogen-bond acceptors (Lipinski definition) is 14. The maximum Gasteiger partial charge on any atom is 0.261 e. The van der Waals surface area contributed by atoms with Gasteiger partial charge >= 0.3 is 0 Å². The number of rotatable bonds is 18. The van der Waals surface area contributed by atoms with Crippen molar-refractivity contribution < 1.29 is 52.6 Å². The highest BCUT2D eigenvalue weighted by Crippen LogP contribution is 2.41. The highest BCUT2D eigenvalue weighted by molar-refractivity contribution is 7.99. The second kappa shape index (κ2) is 32.9. The van der Waals surface area contributed by atoms with E-state index in [2.05, 4.69) is 31.1 Å². The number of benzene rings is 4. The average molecular weight is 1250 g/mol. The summed E-state index contributed by atoms with van der Waals surface area (Å²) in [4.78, 5) is 60.0. The summed E-state index contributed by atoms with van der Waals surface area (Å²) in [6, 6.07) is 27.9. The Hall–Kier alpha value is -5.19. The second-order valence-electron chi connectivity index (χ2n) is 25.7. The van der Waals surface area contributed by atoms with Gasteiger partial charge in [-0.25, -0.2) is 0 Å². The van der Waals surface area contributed by atoms with E-state index in [1.165, 1.54) is 25.7 Å². The summed E-state index contributed by atoms with van der Waals surface area (Å²) < 4.78 is 25.9. The van der Waals surface area contributed by atoms with Crippen molar-refractivity contribution in [1.82, 2.24) is 31.1 Å². The van der Waals surface area contributed by atoms with Crippen LogP contribution in [0.4, 0.5) is 0 Å². The number of aliphatic hydroxyl groups is 2. The molecular weight excluding hydrogens is 1150 g/mol. The number of carbonyl (C=O) groups is 4. The molecule has 476 valence electrons. The molecule has 8 rings (SSSR count). The molecule has 4 aromatic carbocycles. The van der Waals surface area contributed by atoms with Crippen molar-refractivity contribution in [2.45, 2.75) is 184 Å². The van der Waals surface area contributed by atoms with Gasteiger partial charge in [0.2, 0.25) is 11.8 Å². The summed E-state index contributed by atoms with van der Waals surface area (Å²) in [5.74, 6) is 2.54. The number of aromatic hydroxyl groups is 2. The van der Waals surface area contributed by atoms with Gasteiger partial charge in [-0.3, -0.25) is 33.5 Å². The van der Waals surface area contributed by atoms with Crippen molar-refractivity contribution in [3.8, 4) is 11.5 Å². The molecule has 2 saturated carbocycles. The zero-order valence-corrected chi connectivity index (χ0v) is 53.6. The maximum absolute atomic E-state index is 13.5. The van der Waals surface area contributed by atoms with E-state index in [1.807, 2.05) is 102 Å². The van der Waals surface area contributed by atoms with E-state index in [4.69, 9.17) is 4.55 Å². The summed E-state index contributed by atoms with van der Waals surface area (Å²) in [6.45, 7) is 17.5. The number of likely N-dealkylation sites (tertiary alicyclic amines) is 2. The third-order valence-corrected chi connectivity index (χ3v) is 18.7. The molecule has 0 spiro atoms. The molecule has 4 aromatic rings. The Morgan fingerprint density at radius 3 is 1.21 bits per heavy atom. The van der Waals surface area contributed by atoms with Crippen LogP contribution < -0.4 is 21.3 Å². The first kappa shape index (κ1) is 71.6. The van der Waals surface area contributed by atoms with Crippen LogP contribution >= 0.6 is 23.5 Å². The number of hydrogen-bond donors (Lipinski definition) is 9. The third kappa shape index (κ3) is 22.8. The number of carbonyl (C=O) groups excluding carboxylic acids is 4. The summed E-state index contributed by atoms with van der Waals surface area (Å²) in [7, 11) is -3.67. The Labute approximate surface area is 520 Å². The molecule has 2 heterocycles. The summed E-state index contributed by atoms with van der Waals surface area (Å²) in [5.41, 5.74) is 1.09. The zero-order valence-electron chi connectivity index (χ0n) is 51.1. The SMILES string of the molecule is C.CS(=O)(=O)O.Cc1c(O)cccc1C(=O)N[C@@H](CSc1ccccc1)[C@H](O)CN1C[C@H]2CCCC[C@H]2C[C@H]1C(=O)NC(C)(C)C.Cc1c(O)cccc1C(=O)N[C@@H](CSc1ccccc1)[C@H](O)CN1C[C@H]2CCCC[C@H]2C[C@H]1C(=O)NC(C)(C)C. The molecule has 86 heavy (non-hydrogen) atoms. The van der Waals surface area contributed by atoms with E-state index >= 15 is 0 Å². The normalized spacial score (nSPS) is 22.1. The minimum atomic E-state index is -3.67. The van der Waals surface area contributed by atoms with Crippen molar-refractivity contribution in [3.05, 3.63) is 119 Å². The summed E-state index contributed by atoms with van der Waals surface area (Å²) in [5, 5.41) is 56.0. The highest BCUT2D eigenvalue weighted by atomic mass is 32.2. The van der Waals surface area contributed by atoms with Gasteiger partial charge in [0.15, 0.2) is 0 Å². The fourth-order valence-electron chi connectivity index (χ4n) is 12.1. The predicted octanol–water partition coefficient (Wildman–Crippen LogP) is 9.64. The number of piperidine rings is 2. The van der Waals surface area contributed by atoms with Crippen LogP contribution in [0.5, 0.6) is 11.5 Å². The predicted molar refractivity (Wildman–Crippen MR) is 345 cm³/mol. The first-order valence-electron chi connectivity index (χ1n) is 30.0. The maximum atomic E-state index is 13.5. The molecule has 10 atom stereocenters. The Morgan fingerprint density at radius 2 is 0.884 bits per heavy atom. The molecular formula is C66H98N6O11S3. The number of aliphatic hydroxyl groups excluding tert-OH is 2. The molecule has 17 nitrogen and oxygen atoms in total. The summed E-state index contributed by atoms with van der Waals surface area (Å²) >= 11 is 3.15. The van der Waals surface area contributed by atoms with E-state index in [1.54, 1.807) is 73.8 Å². The Morgan fingerprint density at radius 1 is 0.558 bits per heavy atom. The van der Waals surface area contributed by atoms with E-state index in [0.29, 0.717) is 76.8 Å². The molecule has 4 fully saturated rings. The molecule has 0 aromatic heterocycles. The fraction of sp³-hybridized carbons (Fsp3) is 0.576. The number of nitrogens with zero attached hydrogens (tertiary/aromatic N) is 2. The van der Waals surface area contributed by atoms with Crippen molar-refractivity contribution in [1.29, 1.82) is 0 Å². The molecule has 2 aliphatic heterocycles. The van der Waals surface area contributed by atoms with Gasteiger partial charge in [-0.1, -0.05) is 94.5 Å². The smallest absolute Gasteiger partial charge is 0.261 e. The van der Waals surface area contributed by atoms with Gasteiger partial charge in [-0.2, -0.15) is 8.42 Å². The van der Waals surface area contributed by atoms with Crippen molar-refractivity contribution in [2.75, 3.05) is 43.9 Å². The average Bonchev–Trinajstić information content (AvgIpc) is 1.36. The van der Waals surface area contributed by atoms with Crippen LogP contribution in [0.1, 0.15) is 145 Å². The molecule has 0 bridgehead atoms. The van der Waals surface area contributed by atoms with E-state index in [0.717, 1.165) is 61.4 Å². The van der Waals surface area contributed by atoms with E-state index < -0.39 is 34.4 Å². The third-order valence-electron chi connectivity index (χ3n) is 16.5. The zero-order chi connectivity index (χ0) is 62.2. The lowest BCUT2D eigenvalue weighted by molar-refractivity contribution is -0.133. The van der Waals surface area contributed by atoms with Gasteiger partial charge in [0.1, 0.15) is 11.5 Å². The van der Waals surface area contributed by atoms with Crippen molar-refractivity contribution >= 4 is 57.3 Å². The number of thioether (sulfide) groups is 2. The molecule has 20 heteroatoms. The molecule has 4 aliphatic rings. The number of phenolic OH excluding ortho intramolecular Hbond substituents is 2. The van der Waals surface area contributed by atoms with Crippen LogP contribution in [-0.2, 0) is 19.7 Å². The number of nitrogens with one attached hydrogen (secondary N) is 4. The van der Waals surface area contributed by atoms with E-state index in [-0.39, 0.29) is 65.7 Å². The first-order chi connectivity index (χ1) is 40.0. The molecule has 4 amide bonds. The van der Waals surface area contributed by atoms with Gasteiger partial charge in [-0.15, -0.1) is 23.5 Å². The minimum absolute atomic E-state index is 0. The Bertz CT molecular complexity index is 2740. The van der Waals surface area contributed by atoms with Crippen LogP contribution in [0.15, 0.2) is 107 Å². The summed E-state index contributed by atoms with van der Waals surface area (Å²) in [6.07, 6.45) is 10.1. The van der Waals surface area contributed by atoms with Crippen LogP contribution in [0, 0.1) is 37.5 Å². The van der Waals surface area contributed by atoms with Crippen LogP contribution in [0.25, 0.3) is 0 Å². The molecule has 2 saturated heterocycles. The monoisotopic (exact) mass is 1250 g/mol. The van der Waals surface area contributed by atoms with Gasteiger partial charge in [0.25, 0.3) is 21.9 Å². The molecule has 9 N–H and O–H groups in total. The number of amides is 4. The fourth-order valence-corrected chi connectivity index (χ4v) is 14.2. The standard InChI is InChI=1S/2C32H45N3O4S.CH4O3S.CH4/c2*1-21-25(15-10-16-28(21)36)30(38)33-26(20-40-24-13-6-5-7-14-24)29(37)19-35-18-23-12-9-8-11-22(23)17-27(35)31(39)34-32(2,3)4;1-5(2,3)4;/h2*5-7,10,13-16,22-23,26-27,29,36-37H,8-9,11-12,17-20H2,1-4H3,(H,33,38)(H,34,39);1H3,(H,2,3,4);1H4/t2*22-,23+,26-,27-,29+;;/m00../s1. The van der Waals surface area contributed by atoms with Gasteiger partial charge in [0.05, 0.1) is 42.6 Å². The topological polar surface area (TPSA) is 258 Å². The number of phenols is 2. The Balaban J connectivity index is 0.000000288. The first-order valence-corrected chi connectivity index (χ1v) is 33.8. The molecule has 0 radical (unpaired) electrons. The van der Waals surface area contributed by atoms with Crippen LogP contribution in [-0.4, -0.2) is 158 Å². The van der Waals surface area contributed by atoms with Crippen molar-refractivity contribution in [3.63, 3.8) is 0 Å². The minimum Gasteiger partial charge on any atom is -0.508 e. The molecule has 2 aliphatic carbocycles.